The van der Waals surface area contributed by atoms with E-state index in [-0.39, 0.29) is 28.1 Å². The van der Waals surface area contributed by atoms with Crippen molar-refractivity contribution >= 4 is 44.8 Å². The van der Waals surface area contributed by atoms with Gasteiger partial charge in [0.1, 0.15) is 0 Å². The Bertz CT molecular complexity index is 932. The number of sulfonamides is 1. The fourth-order valence-corrected chi connectivity index (χ4v) is 4.47. The van der Waals surface area contributed by atoms with Crippen LogP contribution >= 0.6 is 23.2 Å². The number of anilines is 1. The number of nitrogens with zero attached hydrogens (tertiary/aromatic N) is 1. The Hall–Kier alpha value is -1.64. The highest BCUT2D eigenvalue weighted by Crippen LogP contribution is 2.27. The number of carbonyl (C=O) groups is 1. The first-order valence-electron chi connectivity index (χ1n) is 8.83. The van der Waals surface area contributed by atoms with Gasteiger partial charge in [-0.1, -0.05) is 55.2 Å². The van der Waals surface area contributed by atoms with Gasteiger partial charge in [-0.25, -0.2) is 8.42 Å². The molecule has 0 saturated carbocycles. The lowest BCUT2D eigenvalue weighted by molar-refractivity contribution is -0.115. The van der Waals surface area contributed by atoms with Gasteiger partial charge in [0.25, 0.3) is 0 Å². The molecule has 0 saturated heterocycles. The van der Waals surface area contributed by atoms with Crippen LogP contribution in [-0.4, -0.2) is 38.3 Å². The van der Waals surface area contributed by atoms with Gasteiger partial charge in [-0.2, -0.15) is 4.31 Å². The molecule has 0 aliphatic heterocycles. The minimum Gasteiger partial charge on any atom is -0.324 e. The van der Waals surface area contributed by atoms with Crippen molar-refractivity contribution in [3.05, 3.63) is 58.1 Å². The lowest BCUT2D eigenvalue weighted by atomic mass is 10.2. The van der Waals surface area contributed by atoms with Crippen molar-refractivity contribution in [2.75, 3.05) is 25.0 Å². The van der Waals surface area contributed by atoms with E-state index < -0.39 is 10.0 Å². The van der Waals surface area contributed by atoms with Crippen LogP contribution in [0.4, 0.5) is 5.69 Å². The second kappa shape index (κ2) is 10.2. The highest BCUT2D eigenvalue weighted by Gasteiger charge is 2.22. The Kier molecular flexibility index (Phi) is 8.27. The van der Waals surface area contributed by atoms with Gasteiger partial charge < -0.3 is 10.6 Å². The van der Waals surface area contributed by atoms with Gasteiger partial charge in [-0.05, 0) is 29.8 Å². The largest absolute Gasteiger partial charge is 0.324 e. The fraction of sp³-hybridized carbons (Fsp3) is 0.316. The number of halogens is 2. The Balaban J connectivity index is 2.05. The first kappa shape index (κ1) is 22.6. The Morgan fingerprint density at radius 2 is 1.71 bits per heavy atom. The van der Waals surface area contributed by atoms with Crippen LogP contribution in [0.5, 0.6) is 0 Å². The average Bonchev–Trinajstić information content (AvgIpc) is 2.65. The number of amides is 1. The Morgan fingerprint density at radius 3 is 2.36 bits per heavy atom. The zero-order valence-corrected chi connectivity index (χ0v) is 18.0. The minimum atomic E-state index is -3.64. The minimum absolute atomic E-state index is 0.0224. The number of hydrogen-bond acceptors (Lipinski definition) is 4. The topological polar surface area (TPSA) is 78.5 Å². The maximum atomic E-state index is 12.6. The zero-order chi connectivity index (χ0) is 20.7. The molecule has 2 N–H and O–H groups in total. The van der Waals surface area contributed by atoms with Crippen LogP contribution < -0.4 is 10.6 Å². The molecule has 2 aromatic carbocycles. The quantitative estimate of drug-likeness (QED) is 0.618. The van der Waals surface area contributed by atoms with Gasteiger partial charge in [0.15, 0.2) is 0 Å². The van der Waals surface area contributed by atoms with E-state index in [2.05, 4.69) is 10.6 Å². The predicted octanol–water partition coefficient (Wildman–Crippen LogP) is 3.75. The predicted molar refractivity (Wildman–Crippen MR) is 113 cm³/mol. The van der Waals surface area contributed by atoms with Gasteiger partial charge in [0, 0.05) is 24.7 Å². The summed E-state index contributed by atoms with van der Waals surface area (Å²) in [5.41, 5.74) is 1.13. The summed E-state index contributed by atoms with van der Waals surface area (Å²) in [6.07, 6.45) is 0. The standard InChI is InChI=1S/C19H23Cl2N3O3S/c1-3-24(4-2)28(26,27)15-9-10-17(21)18(11-15)23-19(25)13-22-12-14-7-5-6-8-16(14)20/h5-11,22H,3-4,12-13H2,1-2H3,(H,23,25). The first-order valence-corrected chi connectivity index (χ1v) is 11.0. The molecule has 0 aliphatic rings. The normalized spacial score (nSPS) is 11.6. The molecule has 9 heteroatoms. The van der Waals surface area contributed by atoms with Crippen LogP contribution in [0.15, 0.2) is 47.4 Å². The third-order valence-corrected chi connectivity index (χ3v) is 6.86. The lowest BCUT2D eigenvalue weighted by Crippen LogP contribution is -2.31. The number of carbonyl (C=O) groups excluding carboxylic acids is 1. The Morgan fingerprint density at radius 1 is 1.04 bits per heavy atom. The monoisotopic (exact) mass is 443 g/mol. The molecule has 0 spiro atoms. The molecule has 6 nitrogen and oxygen atoms in total. The number of rotatable bonds is 9. The summed E-state index contributed by atoms with van der Waals surface area (Å²) >= 11 is 12.2. The third kappa shape index (κ3) is 5.68. The van der Waals surface area contributed by atoms with E-state index in [0.717, 1.165) is 5.56 Å². The SMILES string of the molecule is CCN(CC)S(=O)(=O)c1ccc(Cl)c(NC(=O)CNCc2ccccc2Cl)c1. The fourth-order valence-electron chi connectivity index (χ4n) is 2.62. The van der Waals surface area contributed by atoms with Crippen molar-refractivity contribution in [3.63, 3.8) is 0 Å². The van der Waals surface area contributed by atoms with E-state index in [0.29, 0.717) is 24.7 Å². The van der Waals surface area contributed by atoms with Gasteiger partial charge in [-0.15, -0.1) is 0 Å². The van der Waals surface area contributed by atoms with E-state index in [1.165, 1.54) is 22.5 Å². The van der Waals surface area contributed by atoms with Gasteiger partial charge in [-0.3, -0.25) is 4.79 Å². The summed E-state index contributed by atoms with van der Waals surface area (Å²) in [7, 11) is -3.64. The highest BCUT2D eigenvalue weighted by molar-refractivity contribution is 7.89. The highest BCUT2D eigenvalue weighted by atomic mass is 35.5. The molecule has 0 bridgehead atoms. The van der Waals surface area contributed by atoms with Crippen LogP contribution in [0.25, 0.3) is 0 Å². The van der Waals surface area contributed by atoms with Gasteiger partial charge in [0.05, 0.1) is 22.2 Å². The smallest absolute Gasteiger partial charge is 0.243 e. The molecule has 152 valence electrons. The molecule has 0 aliphatic carbocycles. The number of nitrogens with one attached hydrogen (secondary N) is 2. The summed E-state index contributed by atoms with van der Waals surface area (Å²) in [6, 6.07) is 11.6. The third-order valence-electron chi connectivity index (χ3n) is 4.11. The molecule has 28 heavy (non-hydrogen) atoms. The van der Waals surface area contributed by atoms with E-state index in [4.69, 9.17) is 23.2 Å². The molecule has 0 fully saturated rings. The summed E-state index contributed by atoms with van der Waals surface area (Å²) in [5.74, 6) is -0.341. The summed E-state index contributed by atoms with van der Waals surface area (Å²) in [4.78, 5) is 12.3. The lowest BCUT2D eigenvalue weighted by Gasteiger charge is -2.19. The number of benzene rings is 2. The van der Waals surface area contributed by atoms with Crippen molar-refractivity contribution < 1.29 is 13.2 Å². The first-order chi connectivity index (χ1) is 13.3. The second-order valence-electron chi connectivity index (χ2n) is 5.97. The van der Waals surface area contributed by atoms with E-state index in [1.807, 2.05) is 18.2 Å². The molecule has 0 radical (unpaired) electrons. The van der Waals surface area contributed by atoms with Crippen LogP contribution in [0, 0.1) is 0 Å². The maximum Gasteiger partial charge on any atom is 0.243 e. The summed E-state index contributed by atoms with van der Waals surface area (Å²) in [5, 5.41) is 6.53. The average molecular weight is 444 g/mol. The summed E-state index contributed by atoms with van der Waals surface area (Å²) in [6.45, 7) is 4.70. The molecular formula is C19H23Cl2N3O3S. The molecule has 2 rings (SSSR count). The van der Waals surface area contributed by atoms with Crippen molar-refractivity contribution in [1.29, 1.82) is 0 Å². The van der Waals surface area contributed by atoms with E-state index in [1.54, 1.807) is 19.9 Å². The van der Waals surface area contributed by atoms with Crippen LogP contribution in [-0.2, 0) is 21.4 Å². The van der Waals surface area contributed by atoms with Crippen molar-refractivity contribution in [2.45, 2.75) is 25.3 Å². The second-order valence-corrected chi connectivity index (χ2v) is 8.73. The maximum absolute atomic E-state index is 12.6. The molecule has 1 amide bonds. The molecular weight excluding hydrogens is 421 g/mol. The Labute approximate surface area is 175 Å². The van der Waals surface area contributed by atoms with Crippen molar-refractivity contribution in [3.8, 4) is 0 Å². The molecule has 0 aromatic heterocycles. The molecule has 0 heterocycles. The van der Waals surface area contributed by atoms with Crippen molar-refractivity contribution in [1.82, 2.24) is 9.62 Å². The van der Waals surface area contributed by atoms with E-state index >= 15 is 0 Å². The zero-order valence-electron chi connectivity index (χ0n) is 15.7. The van der Waals surface area contributed by atoms with Crippen LogP contribution in [0.3, 0.4) is 0 Å². The van der Waals surface area contributed by atoms with Crippen LogP contribution in [0.1, 0.15) is 19.4 Å². The molecule has 0 atom stereocenters. The van der Waals surface area contributed by atoms with Gasteiger partial charge >= 0.3 is 0 Å². The van der Waals surface area contributed by atoms with Crippen molar-refractivity contribution in [2.24, 2.45) is 0 Å². The van der Waals surface area contributed by atoms with Gasteiger partial charge in [0.2, 0.25) is 15.9 Å². The molecule has 2 aromatic rings. The van der Waals surface area contributed by atoms with E-state index in [9.17, 15) is 13.2 Å². The van der Waals surface area contributed by atoms with Crippen LogP contribution in [0.2, 0.25) is 10.0 Å². The number of hydrogen-bond donors (Lipinski definition) is 2. The molecule has 0 unspecified atom stereocenters. The summed E-state index contributed by atoms with van der Waals surface area (Å²) < 4.78 is 26.6.